The van der Waals surface area contributed by atoms with Gasteiger partial charge in [0.25, 0.3) is 5.56 Å². The maximum absolute atomic E-state index is 14.0. The van der Waals surface area contributed by atoms with Crippen LogP contribution in [0.3, 0.4) is 0 Å². The van der Waals surface area contributed by atoms with Crippen molar-refractivity contribution >= 4 is 22.9 Å². The lowest BCUT2D eigenvalue weighted by Crippen LogP contribution is -2.41. The number of halogens is 1. The van der Waals surface area contributed by atoms with E-state index < -0.39 is 6.10 Å². The highest BCUT2D eigenvalue weighted by atomic mass is 19.1. The lowest BCUT2D eigenvalue weighted by molar-refractivity contribution is -0.133. The summed E-state index contributed by atoms with van der Waals surface area (Å²) < 4.78 is 19.7. The number of rotatable bonds is 3. The van der Waals surface area contributed by atoms with E-state index in [4.69, 9.17) is 4.74 Å². The Kier molecular flexibility index (Phi) is 5.04. The van der Waals surface area contributed by atoms with Gasteiger partial charge in [0, 0.05) is 29.3 Å². The van der Waals surface area contributed by atoms with Crippen LogP contribution in [0.4, 0.5) is 4.39 Å². The average molecular weight is 378 g/mol. The van der Waals surface area contributed by atoms with Gasteiger partial charge >= 0.3 is 0 Å². The molecular formula is C22H19FN2O3. The second-order valence-electron chi connectivity index (χ2n) is 6.64. The summed E-state index contributed by atoms with van der Waals surface area (Å²) in [6.07, 6.45) is 2.39. The Bertz CT molecular complexity index is 1110. The van der Waals surface area contributed by atoms with Gasteiger partial charge in [0.05, 0.1) is 13.2 Å². The SMILES string of the molecule is O=C(/C=C/c1cc2ccccc2[nH]c1=O)N1CCOC(c2ccccc2F)C1. The third-order valence-corrected chi connectivity index (χ3v) is 4.82. The number of amides is 1. The van der Waals surface area contributed by atoms with E-state index in [-0.39, 0.29) is 23.8 Å². The molecule has 1 amide bonds. The number of para-hydroxylation sites is 1. The number of benzene rings is 2. The first kappa shape index (κ1) is 18.1. The summed E-state index contributed by atoms with van der Waals surface area (Å²) in [4.78, 5) is 29.2. The summed E-state index contributed by atoms with van der Waals surface area (Å²) in [7, 11) is 0. The van der Waals surface area contributed by atoms with Crippen molar-refractivity contribution in [3.8, 4) is 0 Å². The third kappa shape index (κ3) is 3.73. The smallest absolute Gasteiger partial charge is 0.255 e. The minimum absolute atomic E-state index is 0.239. The summed E-state index contributed by atoms with van der Waals surface area (Å²) in [5.74, 6) is -0.586. The van der Waals surface area contributed by atoms with E-state index in [2.05, 4.69) is 4.98 Å². The van der Waals surface area contributed by atoms with Gasteiger partial charge < -0.3 is 14.6 Å². The van der Waals surface area contributed by atoms with Gasteiger partial charge in [-0.15, -0.1) is 0 Å². The van der Waals surface area contributed by atoms with Crippen LogP contribution in [0.25, 0.3) is 17.0 Å². The van der Waals surface area contributed by atoms with Crippen LogP contribution in [0.5, 0.6) is 0 Å². The second-order valence-corrected chi connectivity index (χ2v) is 6.64. The van der Waals surface area contributed by atoms with Gasteiger partial charge in [-0.05, 0) is 29.7 Å². The van der Waals surface area contributed by atoms with Crippen molar-refractivity contribution in [2.75, 3.05) is 19.7 Å². The number of nitrogens with one attached hydrogen (secondary N) is 1. The summed E-state index contributed by atoms with van der Waals surface area (Å²) in [6, 6.07) is 15.6. The van der Waals surface area contributed by atoms with Gasteiger partial charge in [-0.1, -0.05) is 36.4 Å². The van der Waals surface area contributed by atoms with Crippen LogP contribution in [-0.4, -0.2) is 35.5 Å². The molecule has 28 heavy (non-hydrogen) atoms. The van der Waals surface area contributed by atoms with Crippen molar-refractivity contribution in [2.45, 2.75) is 6.10 Å². The van der Waals surface area contributed by atoms with E-state index in [9.17, 15) is 14.0 Å². The maximum Gasteiger partial charge on any atom is 0.255 e. The van der Waals surface area contributed by atoms with Gasteiger partial charge in [0.1, 0.15) is 11.9 Å². The molecule has 1 aromatic heterocycles. The lowest BCUT2D eigenvalue weighted by atomic mass is 10.1. The van der Waals surface area contributed by atoms with Gasteiger partial charge in [0.2, 0.25) is 5.91 Å². The highest BCUT2D eigenvalue weighted by Gasteiger charge is 2.26. The van der Waals surface area contributed by atoms with Crippen LogP contribution in [0.2, 0.25) is 0 Å². The molecule has 2 aromatic carbocycles. The van der Waals surface area contributed by atoms with Crippen LogP contribution in [0.1, 0.15) is 17.2 Å². The first-order valence-corrected chi connectivity index (χ1v) is 9.07. The molecule has 1 unspecified atom stereocenters. The molecule has 3 aromatic rings. The van der Waals surface area contributed by atoms with E-state index >= 15 is 0 Å². The van der Waals surface area contributed by atoms with Crippen molar-refractivity contribution in [3.63, 3.8) is 0 Å². The van der Waals surface area contributed by atoms with Gasteiger partial charge in [-0.3, -0.25) is 9.59 Å². The minimum atomic E-state index is -0.503. The van der Waals surface area contributed by atoms with Crippen LogP contribution < -0.4 is 5.56 Å². The average Bonchev–Trinajstić information content (AvgIpc) is 2.72. The molecule has 0 spiro atoms. The molecule has 142 valence electrons. The predicted molar refractivity (Wildman–Crippen MR) is 105 cm³/mol. The van der Waals surface area contributed by atoms with Crippen LogP contribution in [0.15, 0.2) is 65.5 Å². The zero-order valence-corrected chi connectivity index (χ0v) is 15.1. The number of hydrogen-bond donors (Lipinski definition) is 1. The molecular weight excluding hydrogens is 359 g/mol. The maximum atomic E-state index is 14.0. The van der Waals surface area contributed by atoms with Gasteiger partial charge in [-0.25, -0.2) is 4.39 Å². The van der Waals surface area contributed by atoms with Gasteiger partial charge in [0.15, 0.2) is 0 Å². The molecule has 1 fully saturated rings. The number of carbonyl (C=O) groups excluding carboxylic acids is 1. The number of aromatic amines is 1. The van der Waals surface area contributed by atoms with Crippen LogP contribution in [-0.2, 0) is 9.53 Å². The third-order valence-electron chi connectivity index (χ3n) is 4.82. The summed E-state index contributed by atoms with van der Waals surface area (Å²) in [6.45, 7) is 1.01. The molecule has 5 nitrogen and oxygen atoms in total. The number of H-pyrrole nitrogens is 1. The normalized spacial score (nSPS) is 17.3. The first-order chi connectivity index (χ1) is 13.6. The molecule has 1 aliphatic heterocycles. The number of morpholine rings is 1. The summed E-state index contributed by atoms with van der Waals surface area (Å²) >= 11 is 0. The van der Waals surface area contributed by atoms with E-state index in [1.165, 1.54) is 18.2 Å². The molecule has 1 N–H and O–H groups in total. The highest BCUT2D eigenvalue weighted by Crippen LogP contribution is 2.24. The number of fused-ring (bicyclic) bond motifs is 1. The Morgan fingerprint density at radius 3 is 2.82 bits per heavy atom. The Hall–Kier alpha value is -3.25. The Morgan fingerprint density at radius 1 is 1.18 bits per heavy atom. The molecule has 6 heteroatoms. The Morgan fingerprint density at radius 2 is 1.96 bits per heavy atom. The number of carbonyl (C=O) groups is 1. The van der Waals surface area contributed by atoms with E-state index in [1.807, 2.05) is 24.3 Å². The van der Waals surface area contributed by atoms with Gasteiger partial charge in [-0.2, -0.15) is 0 Å². The fourth-order valence-corrected chi connectivity index (χ4v) is 3.33. The Labute approximate surface area is 161 Å². The lowest BCUT2D eigenvalue weighted by Gasteiger charge is -2.32. The van der Waals surface area contributed by atoms with Crippen molar-refractivity contribution in [1.82, 2.24) is 9.88 Å². The quantitative estimate of drug-likeness (QED) is 0.712. The molecule has 2 heterocycles. The molecule has 1 atom stereocenters. The van der Waals surface area contributed by atoms with Crippen molar-refractivity contribution in [2.24, 2.45) is 0 Å². The molecule has 0 aliphatic carbocycles. The standard InChI is InChI=1S/C22H19FN2O3/c23-18-7-3-2-6-17(18)20-14-25(11-12-28-20)21(26)10-9-16-13-15-5-1-4-8-19(15)24-22(16)27/h1-10,13,20H,11-12,14H2,(H,24,27)/b10-9+. The summed E-state index contributed by atoms with van der Waals surface area (Å²) in [5.41, 5.74) is 1.34. The second kappa shape index (κ2) is 7.78. The van der Waals surface area contributed by atoms with Crippen LogP contribution in [0, 0.1) is 5.82 Å². The molecule has 0 radical (unpaired) electrons. The molecule has 1 saturated heterocycles. The number of aromatic nitrogens is 1. The molecule has 1 aliphatic rings. The fraction of sp³-hybridized carbons (Fsp3) is 0.182. The zero-order valence-electron chi connectivity index (χ0n) is 15.1. The predicted octanol–water partition coefficient (Wildman–Crippen LogP) is 3.28. The Balaban J connectivity index is 1.51. The highest BCUT2D eigenvalue weighted by molar-refractivity contribution is 5.92. The van der Waals surface area contributed by atoms with Crippen molar-refractivity contribution in [1.29, 1.82) is 0 Å². The van der Waals surface area contributed by atoms with Crippen molar-refractivity contribution < 1.29 is 13.9 Å². The first-order valence-electron chi connectivity index (χ1n) is 9.07. The topological polar surface area (TPSA) is 62.4 Å². The van der Waals surface area contributed by atoms with E-state index in [0.29, 0.717) is 24.3 Å². The zero-order chi connectivity index (χ0) is 19.5. The van der Waals surface area contributed by atoms with E-state index in [1.54, 1.807) is 29.2 Å². The summed E-state index contributed by atoms with van der Waals surface area (Å²) in [5, 5.41) is 0.889. The monoisotopic (exact) mass is 378 g/mol. The number of hydrogen-bond acceptors (Lipinski definition) is 3. The number of ether oxygens (including phenoxy) is 1. The van der Waals surface area contributed by atoms with Crippen molar-refractivity contribution in [3.05, 3.63) is 88.0 Å². The molecule has 0 bridgehead atoms. The molecule has 0 saturated carbocycles. The van der Waals surface area contributed by atoms with E-state index in [0.717, 1.165) is 10.9 Å². The van der Waals surface area contributed by atoms with Crippen LogP contribution >= 0.6 is 0 Å². The fourth-order valence-electron chi connectivity index (χ4n) is 3.33. The largest absolute Gasteiger partial charge is 0.370 e. The number of pyridine rings is 1. The minimum Gasteiger partial charge on any atom is -0.370 e. The number of nitrogens with zero attached hydrogens (tertiary/aromatic N) is 1. The molecule has 4 rings (SSSR count).